The minimum Gasteiger partial charge on any atom is -0.399 e. The molecule has 0 bridgehead atoms. The van der Waals surface area contributed by atoms with Crippen LogP contribution in [-0.4, -0.2) is 25.2 Å². The Morgan fingerprint density at radius 3 is 2.50 bits per heavy atom. The first kappa shape index (κ1) is 13.2. The molecule has 1 aromatic carbocycles. The fraction of sp³-hybridized carbons (Fsp3) is 0.400. The van der Waals surface area contributed by atoms with Crippen LogP contribution < -0.4 is 5.73 Å². The van der Waals surface area contributed by atoms with Gasteiger partial charge < -0.3 is 19.9 Å². The van der Waals surface area contributed by atoms with Crippen molar-refractivity contribution in [1.29, 1.82) is 0 Å². The second-order valence-corrected chi connectivity index (χ2v) is 5.21. The van der Waals surface area contributed by atoms with Gasteiger partial charge in [0.2, 0.25) is 0 Å². The maximum Gasteiger partial charge on any atom is 0.332 e. The van der Waals surface area contributed by atoms with Gasteiger partial charge in [-0.05, 0) is 17.7 Å². The summed E-state index contributed by atoms with van der Waals surface area (Å²) in [5, 5.41) is 0. The van der Waals surface area contributed by atoms with E-state index >= 15 is 0 Å². The van der Waals surface area contributed by atoms with Crippen LogP contribution in [0.15, 0.2) is 24.3 Å². The summed E-state index contributed by atoms with van der Waals surface area (Å²) in [5.41, 5.74) is 6.85. The Labute approximate surface area is 94.7 Å². The molecule has 16 heavy (non-hydrogen) atoms. The number of ether oxygens (including phenoxy) is 1. The summed E-state index contributed by atoms with van der Waals surface area (Å²) in [6.45, 7) is 0.408. The van der Waals surface area contributed by atoms with E-state index in [0.29, 0.717) is 12.3 Å². The Bertz CT molecular complexity index is 366. The molecule has 1 rings (SSSR count). The Hall–Kier alpha value is -0.870. The van der Waals surface area contributed by atoms with Gasteiger partial charge in [-0.15, -0.1) is 0 Å². The molecule has 3 N–H and O–H groups in total. The van der Waals surface area contributed by atoms with E-state index in [1.54, 1.807) is 24.3 Å². The van der Waals surface area contributed by atoms with Gasteiger partial charge in [-0.3, -0.25) is 4.57 Å². The van der Waals surface area contributed by atoms with E-state index in [4.69, 9.17) is 15.0 Å². The lowest BCUT2D eigenvalue weighted by molar-refractivity contribution is 0.137. The summed E-state index contributed by atoms with van der Waals surface area (Å²) in [6.07, 6.45) is -0.0169. The number of benzene rings is 1. The highest BCUT2D eigenvalue weighted by Gasteiger charge is 2.19. The van der Waals surface area contributed by atoms with Crippen LogP contribution in [0, 0.1) is 0 Å². The van der Waals surface area contributed by atoms with E-state index < -0.39 is 7.60 Å². The van der Waals surface area contributed by atoms with E-state index in [1.807, 2.05) is 0 Å². The molecule has 90 valence electrons. The quantitative estimate of drug-likeness (QED) is 0.452. The Morgan fingerprint density at radius 2 is 1.94 bits per heavy atom. The largest absolute Gasteiger partial charge is 0.399 e. The molecule has 0 fully saturated rings. The van der Waals surface area contributed by atoms with Crippen molar-refractivity contribution in [3.8, 4) is 0 Å². The van der Waals surface area contributed by atoms with Crippen molar-refractivity contribution >= 4 is 13.3 Å². The first-order chi connectivity index (χ1) is 7.53. The molecule has 0 saturated heterocycles. The lowest BCUT2D eigenvalue weighted by Crippen LogP contribution is -2.01. The fourth-order valence-corrected chi connectivity index (χ4v) is 2.29. The molecule has 1 unspecified atom stereocenters. The fourth-order valence-electron chi connectivity index (χ4n) is 1.16. The molecule has 0 heterocycles. The van der Waals surface area contributed by atoms with E-state index in [-0.39, 0.29) is 12.8 Å². The molecular weight excluding hydrogens is 229 g/mol. The summed E-state index contributed by atoms with van der Waals surface area (Å²) in [6, 6.07) is 6.78. The zero-order valence-electron chi connectivity index (χ0n) is 9.13. The van der Waals surface area contributed by atoms with Crippen LogP contribution >= 0.6 is 7.60 Å². The number of methoxy groups -OCH3 is 1. The van der Waals surface area contributed by atoms with Crippen LogP contribution in [0.5, 0.6) is 0 Å². The van der Waals surface area contributed by atoms with Gasteiger partial charge in [0, 0.05) is 12.8 Å². The summed E-state index contributed by atoms with van der Waals surface area (Å²) >= 11 is 0. The van der Waals surface area contributed by atoms with Gasteiger partial charge in [-0.1, -0.05) is 12.1 Å². The van der Waals surface area contributed by atoms with Crippen LogP contribution in [-0.2, 0) is 20.0 Å². The van der Waals surface area contributed by atoms with Crippen LogP contribution in [0.1, 0.15) is 5.56 Å². The van der Waals surface area contributed by atoms with Gasteiger partial charge in [0.05, 0.1) is 19.4 Å². The molecule has 0 aliphatic rings. The Kier molecular flexibility index (Phi) is 4.96. The average Bonchev–Trinajstić information content (AvgIpc) is 2.21. The molecular formula is C10H16NO4P. The van der Waals surface area contributed by atoms with E-state index in [0.717, 1.165) is 5.56 Å². The minimum atomic E-state index is -3.58. The maximum atomic E-state index is 11.6. The van der Waals surface area contributed by atoms with Crippen molar-refractivity contribution < 1.29 is 18.7 Å². The van der Waals surface area contributed by atoms with Crippen molar-refractivity contribution in [2.45, 2.75) is 6.16 Å². The van der Waals surface area contributed by atoms with Gasteiger partial charge in [-0.2, -0.15) is 0 Å². The molecule has 0 spiro atoms. The second-order valence-electron chi connectivity index (χ2n) is 3.36. The number of anilines is 1. The smallest absolute Gasteiger partial charge is 0.332 e. The second kappa shape index (κ2) is 6.01. The third-order valence-corrected chi connectivity index (χ3v) is 3.29. The maximum absolute atomic E-state index is 11.6. The molecule has 1 aromatic rings. The molecule has 6 heteroatoms. The van der Waals surface area contributed by atoms with Gasteiger partial charge in [0.15, 0.2) is 0 Å². The molecule has 0 saturated carbocycles. The van der Waals surface area contributed by atoms with Crippen molar-refractivity contribution in [2.75, 3.05) is 26.1 Å². The van der Waals surface area contributed by atoms with Crippen molar-refractivity contribution in [3.63, 3.8) is 0 Å². The standard InChI is InChI=1S/C10H16NO4P/c1-14-6-7-15-16(12,13)8-9-2-4-10(11)5-3-9/h2-5H,6-8,11H2,1H3,(H,12,13). The minimum absolute atomic E-state index is 0.0169. The van der Waals surface area contributed by atoms with Crippen molar-refractivity contribution in [2.24, 2.45) is 0 Å². The van der Waals surface area contributed by atoms with Gasteiger partial charge in [-0.25, -0.2) is 0 Å². The van der Waals surface area contributed by atoms with Crippen molar-refractivity contribution in [1.82, 2.24) is 0 Å². The highest BCUT2D eigenvalue weighted by Crippen LogP contribution is 2.45. The molecule has 5 nitrogen and oxygen atoms in total. The highest BCUT2D eigenvalue weighted by atomic mass is 31.2. The number of rotatable bonds is 6. The summed E-state index contributed by atoms with van der Waals surface area (Å²) < 4.78 is 21.2. The number of hydrogen-bond donors (Lipinski definition) is 2. The van der Waals surface area contributed by atoms with Gasteiger partial charge in [0.1, 0.15) is 0 Å². The Balaban J connectivity index is 2.51. The van der Waals surface area contributed by atoms with Gasteiger partial charge >= 0.3 is 7.60 Å². The van der Waals surface area contributed by atoms with E-state index in [9.17, 15) is 9.46 Å². The average molecular weight is 245 g/mol. The molecule has 0 aliphatic heterocycles. The summed E-state index contributed by atoms with van der Waals surface area (Å²) in [5.74, 6) is 0. The topological polar surface area (TPSA) is 81.8 Å². The van der Waals surface area contributed by atoms with E-state index in [1.165, 1.54) is 7.11 Å². The zero-order chi connectivity index (χ0) is 12.0. The summed E-state index contributed by atoms with van der Waals surface area (Å²) in [7, 11) is -2.07. The molecule has 0 aromatic heterocycles. The van der Waals surface area contributed by atoms with Crippen LogP contribution in [0.4, 0.5) is 5.69 Å². The van der Waals surface area contributed by atoms with E-state index in [2.05, 4.69) is 0 Å². The first-order valence-electron chi connectivity index (χ1n) is 4.83. The van der Waals surface area contributed by atoms with Crippen LogP contribution in [0.3, 0.4) is 0 Å². The van der Waals surface area contributed by atoms with Crippen LogP contribution in [0.25, 0.3) is 0 Å². The molecule has 0 aliphatic carbocycles. The normalized spacial score (nSPS) is 14.6. The number of hydrogen-bond acceptors (Lipinski definition) is 4. The zero-order valence-corrected chi connectivity index (χ0v) is 10.0. The molecule has 0 radical (unpaired) electrons. The van der Waals surface area contributed by atoms with Crippen molar-refractivity contribution in [3.05, 3.63) is 29.8 Å². The number of nitrogens with two attached hydrogens (primary N) is 1. The van der Waals surface area contributed by atoms with Crippen LogP contribution in [0.2, 0.25) is 0 Å². The SMILES string of the molecule is COCCOP(=O)(O)Cc1ccc(N)cc1. The molecule has 0 amide bonds. The predicted octanol–water partition coefficient (Wildman–Crippen LogP) is 1.62. The number of nitrogen functional groups attached to an aromatic ring is 1. The predicted molar refractivity (Wildman–Crippen MR) is 62.2 cm³/mol. The lowest BCUT2D eigenvalue weighted by Gasteiger charge is -2.11. The summed E-state index contributed by atoms with van der Waals surface area (Å²) in [4.78, 5) is 9.51. The van der Waals surface area contributed by atoms with Gasteiger partial charge in [0.25, 0.3) is 0 Å². The molecule has 1 atom stereocenters. The third kappa shape index (κ3) is 4.77. The third-order valence-electron chi connectivity index (χ3n) is 1.94. The Morgan fingerprint density at radius 1 is 1.31 bits per heavy atom. The highest BCUT2D eigenvalue weighted by molar-refractivity contribution is 7.51. The monoisotopic (exact) mass is 245 g/mol. The first-order valence-corrected chi connectivity index (χ1v) is 6.59. The lowest BCUT2D eigenvalue weighted by atomic mass is 10.2.